The van der Waals surface area contributed by atoms with Crippen molar-refractivity contribution in [2.75, 3.05) is 7.11 Å². The van der Waals surface area contributed by atoms with E-state index in [0.717, 1.165) is 17.0 Å². The second kappa shape index (κ2) is 5.31. The third-order valence-corrected chi connectivity index (χ3v) is 2.79. The molecule has 17 heavy (non-hydrogen) atoms. The summed E-state index contributed by atoms with van der Waals surface area (Å²) in [4.78, 5) is 11.1. The van der Waals surface area contributed by atoms with Crippen LogP contribution in [0.15, 0.2) is 0 Å². The Morgan fingerprint density at radius 3 is 2.47 bits per heavy atom. The van der Waals surface area contributed by atoms with Crippen LogP contribution in [-0.4, -0.2) is 28.0 Å². The highest BCUT2D eigenvalue weighted by Gasteiger charge is 2.22. The van der Waals surface area contributed by atoms with Gasteiger partial charge in [0.1, 0.15) is 0 Å². The minimum Gasteiger partial charge on any atom is -0.469 e. The van der Waals surface area contributed by atoms with Crippen molar-refractivity contribution in [3.63, 3.8) is 0 Å². The van der Waals surface area contributed by atoms with E-state index < -0.39 is 12.1 Å². The Labute approximate surface area is 101 Å². The Kier molecular flexibility index (Phi) is 4.28. The summed E-state index contributed by atoms with van der Waals surface area (Å²) in [6, 6.07) is 0.229. The number of methoxy groups -OCH3 is 1. The third-order valence-electron chi connectivity index (χ3n) is 2.79. The van der Waals surface area contributed by atoms with Crippen molar-refractivity contribution in [1.82, 2.24) is 9.78 Å². The van der Waals surface area contributed by atoms with Crippen molar-refractivity contribution in [3.05, 3.63) is 17.0 Å². The average molecular weight is 240 g/mol. The molecule has 5 heteroatoms. The molecule has 1 aromatic rings. The van der Waals surface area contributed by atoms with Gasteiger partial charge in [0.05, 0.1) is 25.3 Å². The molecular weight excluding hydrogens is 220 g/mol. The zero-order valence-electron chi connectivity index (χ0n) is 11.0. The Morgan fingerprint density at radius 2 is 2.06 bits per heavy atom. The van der Waals surface area contributed by atoms with Crippen LogP contribution in [0.5, 0.6) is 0 Å². The highest BCUT2D eigenvalue weighted by Crippen LogP contribution is 2.26. The molecule has 1 aromatic heterocycles. The van der Waals surface area contributed by atoms with E-state index in [-0.39, 0.29) is 12.5 Å². The highest BCUT2D eigenvalue weighted by atomic mass is 16.5. The van der Waals surface area contributed by atoms with Gasteiger partial charge in [0.15, 0.2) is 0 Å². The number of aryl methyl sites for hydroxylation is 1. The lowest BCUT2D eigenvalue weighted by Gasteiger charge is -2.12. The number of esters is 1. The van der Waals surface area contributed by atoms with Gasteiger partial charge in [-0.05, 0) is 27.7 Å². The van der Waals surface area contributed by atoms with Crippen molar-refractivity contribution in [1.29, 1.82) is 0 Å². The molecule has 1 rings (SSSR count). The number of ether oxygens (including phenoxy) is 1. The van der Waals surface area contributed by atoms with E-state index in [4.69, 9.17) is 0 Å². The van der Waals surface area contributed by atoms with Crippen molar-refractivity contribution in [2.24, 2.45) is 0 Å². The lowest BCUT2D eigenvalue weighted by atomic mass is 10.0. The smallest absolute Gasteiger partial charge is 0.308 e. The second-order valence-electron chi connectivity index (χ2n) is 4.42. The van der Waals surface area contributed by atoms with E-state index >= 15 is 0 Å². The summed E-state index contributed by atoms with van der Waals surface area (Å²) in [5, 5.41) is 14.4. The summed E-state index contributed by atoms with van der Waals surface area (Å²) in [6.07, 6.45) is -0.892. The first-order valence-corrected chi connectivity index (χ1v) is 5.69. The largest absolute Gasteiger partial charge is 0.469 e. The van der Waals surface area contributed by atoms with E-state index in [2.05, 4.69) is 9.84 Å². The van der Waals surface area contributed by atoms with Gasteiger partial charge in [0.2, 0.25) is 0 Å². The summed E-state index contributed by atoms with van der Waals surface area (Å²) in [6.45, 7) is 7.78. The maximum atomic E-state index is 11.1. The van der Waals surface area contributed by atoms with Crippen LogP contribution in [-0.2, 0) is 9.53 Å². The van der Waals surface area contributed by atoms with Crippen molar-refractivity contribution < 1.29 is 14.6 Å². The summed E-state index contributed by atoms with van der Waals surface area (Å²) in [5.41, 5.74) is 2.38. The summed E-state index contributed by atoms with van der Waals surface area (Å²) in [7, 11) is 1.31. The number of aliphatic hydroxyl groups is 1. The first-order valence-electron chi connectivity index (χ1n) is 5.69. The summed E-state index contributed by atoms with van der Waals surface area (Å²) in [5.74, 6) is -0.423. The Balaban J connectivity index is 3.01. The molecule has 0 fully saturated rings. The van der Waals surface area contributed by atoms with Crippen molar-refractivity contribution in [2.45, 2.75) is 46.3 Å². The minimum absolute atomic E-state index is 0.0397. The molecule has 0 saturated heterocycles. The molecular formula is C12H20N2O3. The number of carbonyl (C=O) groups is 1. The van der Waals surface area contributed by atoms with Crippen molar-refractivity contribution in [3.8, 4) is 0 Å². The number of hydrogen-bond donors (Lipinski definition) is 1. The molecule has 0 amide bonds. The highest BCUT2D eigenvalue weighted by molar-refractivity contribution is 5.70. The lowest BCUT2D eigenvalue weighted by molar-refractivity contribution is -0.142. The Morgan fingerprint density at radius 1 is 1.47 bits per heavy atom. The summed E-state index contributed by atoms with van der Waals surface area (Å²) < 4.78 is 6.40. The van der Waals surface area contributed by atoms with E-state index in [9.17, 15) is 9.90 Å². The minimum atomic E-state index is -0.852. The normalized spacial score (nSPS) is 12.9. The fourth-order valence-electron chi connectivity index (χ4n) is 2.00. The van der Waals surface area contributed by atoms with Gasteiger partial charge in [0, 0.05) is 17.3 Å². The topological polar surface area (TPSA) is 64.3 Å². The first kappa shape index (κ1) is 13.7. The zero-order chi connectivity index (χ0) is 13.2. The molecule has 0 aromatic carbocycles. The molecule has 1 atom stereocenters. The van der Waals surface area contributed by atoms with Crippen molar-refractivity contribution >= 4 is 5.97 Å². The van der Waals surface area contributed by atoms with Gasteiger partial charge in [-0.1, -0.05) is 0 Å². The van der Waals surface area contributed by atoms with Crippen LogP contribution in [0, 0.1) is 13.8 Å². The lowest BCUT2D eigenvalue weighted by Crippen LogP contribution is -2.10. The molecule has 0 saturated carbocycles. The predicted molar refractivity (Wildman–Crippen MR) is 63.7 cm³/mol. The van der Waals surface area contributed by atoms with Crippen LogP contribution < -0.4 is 0 Å². The van der Waals surface area contributed by atoms with Crippen LogP contribution in [0.3, 0.4) is 0 Å². The molecule has 1 heterocycles. The number of hydrogen-bond acceptors (Lipinski definition) is 4. The van der Waals surface area contributed by atoms with Gasteiger partial charge < -0.3 is 9.84 Å². The molecule has 0 aliphatic heterocycles. The molecule has 0 aliphatic carbocycles. The maximum absolute atomic E-state index is 11.1. The number of rotatable bonds is 4. The Hall–Kier alpha value is -1.36. The van der Waals surface area contributed by atoms with Crippen LogP contribution in [0.25, 0.3) is 0 Å². The fourth-order valence-corrected chi connectivity index (χ4v) is 2.00. The predicted octanol–water partition coefficient (Wildman–Crippen LogP) is 1.68. The molecule has 0 radical (unpaired) electrons. The number of carbonyl (C=O) groups excluding carboxylic acids is 1. The van der Waals surface area contributed by atoms with Gasteiger partial charge in [-0.15, -0.1) is 0 Å². The van der Waals surface area contributed by atoms with Crippen LogP contribution in [0.1, 0.15) is 49.4 Å². The van der Waals surface area contributed by atoms with E-state index in [0.29, 0.717) is 0 Å². The van der Waals surface area contributed by atoms with E-state index in [1.807, 2.05) is 32.4 Å². The standard InChI is InChI=1S/C12H20N2O3/c1-7(2)14-9(4)12(8(3)13-14)10(15)6-11(16)17-5/h7,10,15H,6H2,1-5H3. The van der Waals surface area contributed by atoms with Gasteiger partial charge in [-0.2, -0.15) is 5.10 Å². The van der Waals surface area contributed by atoms with Gasteiger partial charge in [-0.3, -0.25) is 9.48 Å². The summed E-state index contributed by atoms with van der Waals surface area (Å²) >= 11 is 0. The Bertz CT molecular complexity index is 410. The number of aromatic nitrogens is 2. The molecule has 1 N–H and O–H groups in total. The molecule has 5 nitrogen and oxygen atoms in total. The van der Waals surface area contributed by atoms with Gasteiger partial charge in [-0.25, -0.2) is 0 Å². The first-order chi connectivity index (χ1) is 7.88. The molecule has 0 spiro atoms. The third kappa shape index (κ3) is 2.85. The number of aliphatic hydroxyl groups excluding tert-OH is 1. The van der Waals surface area contributed by atoms with Gasteiger partial charge >= 0.3 is 5.97 Å². The molecule has 1 unspecified atom stereocenters. The van der Waals surface area contributed by atoms with E-state index in [1.54, 1.807) is 0 Å². The average Bonchev–Trinajstić information content (AvgIpc) is 2.54. The maximum Gasteiger partial charge on any atom is 0.308 e. The van der Waals surface area contributed by atoms with Gasteiger partial charge in [0.25, 0.3) is 0 Å². The zero-order valence-corrected chi connectivity index (χ0v) is 11.0. The molecule has 96 valence electrons. The second-order valence-corrected chi connectivity index (χ2v) is 4.42. The SMILES string of the molecule is COC(=O)CC(O)c1c(C)nn(C(C)C)c1C. The quantitative estimate of drug-likeness (QED) is 0.813. The fraction of sp³-hybridized carbons (Fsp3) is 0.667. The molecule has 0 aliphatic rings. The monoisotopic (exact) mass is 240 g/mol. The van der Waals surface area contributed by atoms with Crippen LogP contribution >= 0.6 is 0 Å². The van der Waals surface area contributed by atoms with Crippen LogP contribution in [0.2, 0.25) is 0 Å². The van der Waals surface area contributed by atoms with Crippen LogP contribution in [0.4, 0.5) is 0 Å². The van der Waals surface area contributed by atoms with E-state index in [1.165, 1.54) is 7.11 Å². The molecule has 0 bridgehead atoms. The number of nitrogens with zero attached hydrogens (tertiary/aromatic N) is 2.